The summed E-state index contributed by atoms with van der Waals surface area (Å²) in [5, 5.41) is 0. The Bertz CT molecular complexity index is 48.8. The van der Waals surface area contributed by atoms with Gasteiger partial charge in [-0.15, -0.1) is 5.73 Å². The standard InChI is InChI=1S/C3H3I.FH.Zn/c1-2-3-4;;/h3H,1H2;1H;/q;;+1/p-1. The molecule has 0 amide bonds. The fourth-order valence-electron chi connectivity index (χ4n) is 0. The van der Waals surface area contributed by atoms with Crippen LogP contribution in [0, 0.1) is 0 Å². The minimum absolute atomic E-state index is 0.125. The van der Waals surface area contributed by atoms with Crippen LogP contribution in [0.25, 0.3) is 0 Å². The van der Waals surface area contributed by atoms with Gasteiger partial charge < -0.3 is 0 Å². The van der Waals surface area contributed by atoms with E-state index >= 15 is 0 Å². The molecule has 0 saturated heterocycles. The first-order valence-corrected chi connectivity index (χ1v) is 3.49. The number of rotatable bonds is 0. The van der Waals surface area contributed by atoms with Gasteiger partial charge in [0, 0.05) is 4.08 Å². The third-order valence-electron chi connectivity index (χ3n) is 0.0772. The Morgan fingerprint density at radius 1 is 1.83 bits per heavy atom. The Morgan fingerprint density at radius 2 is 2.00 bits per heavy atom. The van der Waals surface area contributed by atoms with E-state index in [0.717, 1.165) is 0 Å². The summed E-state index contributed by atoms with van der Waals surface area (Å²) in [5.74, 6) is 0. The van der Waals surface area contributed by atoms with Crippen LogP contribution in [-0.4, -0.2) is 0 Å². The summed E-state index contributed by atoms with van der Waals surface area (Å²) in [6, 6.07) is 0. The topological polar surface area (TPSA) is 0 Å². The molecule has 3 heteroatoms. The summed E-state index contributed by atoms with van der Waals surface area (Å²) in [6.45, 7) is 3.29. The van der Waals surface area contributed by atoms with Gasteiger partial charge in [0.1, 0.15) is 0 Å². The molecule has 0 atom stereocenters. The van der Waals surface area contributed by atoms with E-state index in [1.807, 2.05) is 0 Å². The van der Waals surface area contributed by atoms with Crippen molar-refractivity contribution in [2.45, 2.75) is 0 Å². The Labute approximate surface area is 60.9 Å². The van der Waals surface area contributed by atoms with Crippen molar-refractivity contribution >= 4 is 22.6 Å². The summed E-state index contributed by atoms with van der Waals surface area (Å²) < 4.78 is 11.4. The second-order valence-electron chi connectivity index (χ2n) is 0.313. The maximum atomic E-state index is 9.62. The van der Waals surface area contributed by atoms with Crippen molar-refractivity contribution in [3.05, 3.63) is 16.4 Å². The van der Waals surface area contributed by atoms with Crippen molar-refractivity contribution < 1.29 is 22.1 Å². The van der Waals surface area contributed by atoms with Crippen LogP contribution in [0.5, 0.6) is 0 Å². The van der Waals surface area contributed by atoms with Crippen LogP contribution in [0.3, 0.4) is 0 Å². The molecular formula is C3H3FIZn. The molecule has 6 heavy (non-hydrogen) atoms. The van der Waals surface area contributed by atoms with E-state index in [0.29, 0.717) is 0 Å². The Balaban J connectivity index is 0. The predicted molar refractivity (Wildman–Crippen MR) is 28.8 cm³/mol. The van der Waals surface area contributed by atoms with Gasteiger partial charge in [0.25, 0.3) is 0 Å². The van der Waals surface area contributed by atoms with Crippen LogP contribution in [0.2, 0.25) is 0 Å². The Morgan fingerprint density at radius 3 is 2.00 bits per heavy atom. The fraction of sp³-hybridized carbons (Fsp3) is 0. The number of hydrogen-bond acceptors (Lipinski definition) is 0. The van der Waals surface area contributed by atoms with E-state index in [1.165, 1.54) is 0 Å². The monoisotopic (exact) mass is 249 g/mol. The van der Waals surface area contributed by atoms with E-state index < -0.39 is 0 Å². The molecule has 0 bridgehead atoms. The molecule has 0 saturated carbocycles. The van der Waals surface area contributed by atoms with Crippen LogP contribution in [0.4, 0.5) is 3.32 Å². The minimum atomic E-state index is -0.125. The van der Waals surface area contributed by atoms with Crippen molar-refractivity contribution in [3.8, 4) is 0 Å². The van der Waals surface area contributed by atoms with Crippen LogP contribution in [0.15, 0.2) is 16.4 Å². The molecule has 0 aliphatic rings. The molecule has 0 radical (unpaired) electrons. The average molecular weight is 250 g/mol. The SMILES string of the molecule is C=C=CI.[F][Zn]. The number of halogens is 2. The summed E-state index contributed by atoms with van der Waals surface area (Å²) in [5.41, 5.74) is 2.54. The van der Waals surface area contributed by atoms with Crippen LogP contribution < -0.4 is 0 Å². The summed E-state index contributed by atoms with van der Waals surface area (Å²) in [7, 11) is 0. The quantitative estimate of drug-likeness (QED) is 0.351. The second-order valence-corrected chi connectivity index (χ2v) is 0.936. The van der Waals surface area contributed by atoms with E-state index in [1.54, 1.807) is 4.08 Å². The van der Waals surface area contributed by atoms with Crippen LogP contribution in [-0.2, 0) is 18.8 Å². The van der Waals surface area contributed by atoms with Gasteiger partial charge in [-0.1, -0.05) is 6.58 Å². The van der Waals surface area contributed by atoms with Gasteiger partial charge >= 0.3 is 22.1 Å². The first-order chi connectivity index (χ1) is 2.91. The van der Waals surface area contributed by atoms with Crippen LogP contribution in [0.1, 0.15) is 0 Å². The molecule has 0 N–H and O–H groups in total. The Hall–Kier alpha value is 0.803. The summed E-state index contributed by atoms with van der Waals surface area (Å²) >= 11 is 1.93. The molecule has 0 unspecified atom stereocenters. The van der Waals surface area contributed by atoms with Crippen molar-refractivity contribution in [1.82, 2.24) is 0 Å². The first-order valence-electron chi connectivity index (χ1n) is 1.13. The molecule has 0 aromatic heterocycles. The molecule has 0 spiro atoms. The fourth-order valence-corrected chi connectivity index (χ4v) is 0. The van der Waals surface area contributed by atoms with Gasteiger partial charge in [0.2, 0.25) is 0 Å². The van der Waals surface area contributed by atoms with Crippen molar-refractivity contribution in [3.63, 3.8) is 0 Å². The van der Waals surface area contributed by atoms with E-state index in [4.69, 9.17) is 0 Å². The zero-order valence-corrected chi connectivity index (χ0v) is 8.37. The molecular weight excluding hydrogens is 247 g/mol. The van der Waals surface area contributed by atoms with Gasteiger partial charge in [-0.25, -0.2) is 0 Å². The average Bonchev–Trinajstić information content (AvgIpc) is 1.72. The second kappa shape index (κ2) is 17.0. The van der Waals surface area contributed by atoms with E-state index in [-0.39, 0.29) is 18.8 Å². The van der Waals surface area contributed by atoms with E-state index in [9.17, 15) is 3.32 Å². The normalized spacial score (nSPS) is 4.00. The molecule has 0 aliphatic heterocycles. The van der Waals surface area contributed by atoms with Gasteiger partial charge in [-0.3, -0.25) is 0 Å². The molecule has 31 valence electrons. The molecule has 0 heterocycles. The van der Waals surface area contributed by atoms with Gasteiger partial charge in [-0.2, -0.15) is 0 Å². The summed E-state index contributed by atoms with van der Waals surface area (Å²) in [6.07, 6.45) is 0. The van der Waals surface area contributed by atoms with Crippen molar-refractivity contribution in [2.24, 2.45) is 0 Å². The van der Waals surface area contributed by atoms with Gasteiger partial charge in [-0.05, 0) is 22.6 Å². The van der Waals surface area contributed by atoms with Crippen molar-refractivity contribution in [1.29, 1.82) is 0 Å². The third kappa shape index (κ3) is 21.4. The van der Waals surface area contributed by atoms with Crippen molar-refractivity contribution in [2.75, 3.05) is 0 Å². The first kappa shape index (κ1) is 9.93. The molecule has 0 fully saturated rings. The molecule has 0 rings (SSSR count). The number of hydrogen-bond donors (Lipinski definition) is 0. The zero-order chi connectivity index (χ0) is 5.41. The predicted octanol–water partition coefficient (Wildman–Crippen LogP) is 2.14. The van der Waals surface area contributed by atoms with Gasteiger partial charge in [0.05, 0.1) is 0 Å². The molecule has 0 aromatic rings. The molecule has 0 aliphatic carbocycles. The molecule has 0 nitrogen and oxygen atoms in total. The van der Waals surface area contributed by atoms with Crippen LogP contribution >= 0.6 is 22.6 Å². The molecule has 0 aromatic carbocycles. The Kier molecular flexibility index (Phi) is 28.2. The maximum absolute atomic E-state index is 9.62. The summed E-state index contributed by atoms with van der Waals surface area (Å²) in [4.78, 5) is 0. The van der Waals surface area contributed by atoms with E-state index in [2.05, 4.69) is 34.9 Å². The zero-order valence-electron chi connectivity index (χ0n) is 3.25. The van der Waals surface area contributed by atoms with Gasteiger partial charge in [0.15, 0.2) is 0 Å². The third-order valence-corrected chi connectivity index (χ3v) is 0.518.